The molecule has 3 aliphatic rings. The molecule has 2 bridgehead atoms. The summed E-state index contributed by atoms with van der Waals surface area (Å²) < 4.78 is 69.9. The molecule has 2 fully saturated rings. The van der Waals surface area contributed by atoms with Crippen LogP contribution in [0.3, 0.4) is 0 Å². The van der Waals surface area contributed by atoms with Crippen LogP contribution in [0.25, 0.3) is 22.5 Å². The zero-order valence-corrected chi connectivity index (χ0v) is 22.7. The standard InChI is InChI=1S/C26H25Cl2F3N4O2S/c1-34-24(21-7-6-20(27)11-22(21)28)12-23(32-34)16-3-2-15-9-18-4-5-19(10-17(15)8-16)25(18)13-35(14-26(29,30)31)38(36,37)33-25/h2-3,6-8,11-12,18-19,33H,4-5,9-10,13-14H2,1H3/t18-,19+,25-/m1/s1. The van der Waals surface area contributed by atoms with E-state index in [0.29, 0.717) is 27.2 Å². The van der Waals surface area contributed by atoms with Crippen LogP contribution in [0.2, 0.25) is 10.0 Å². The molecule has 2 aromatic carbocycles. The molecule has 1 N–H and O–H groups in total. The highest BCUT2D eigenvalue weighted by Gasteiger charge is 2.60. The summed E-state index contributed by atoms with van der Waals surface area (Å²) in [7, 11) is -2.37. The second-order valence-corrected chi connectivity index (χ2v) is 13.1. The lowest BCUT2D eigenvalue weighted by atomic mass is 9.79. The number of benzene rings is 2. The Labute approximate surface area is 228 Å². The zero-order valence-electron chi connectivity index (χ0n) is 20.4. The summed E-state index contributed by atoms with van der Waals surface area (Å²) in [6, 6.07) is 13.4. The van der Waals surface area contributed by atoms with Gasteiger partial charge >= 0.3 is 6.18 Å². The third kappa shape index (κ3) is 4.44. The molecule has 1 saturated carbocycles. The van der Waals surface area contributed by atoms with E-state index in [4.69, 9.17) is 28.3 Å². The van der Waals surface area contributed by atoms with Crippen LogP contribution in [0.4, 0.5) is 13.2 Å². The highest BCUT2D eigenvalue weighted by atomic mass is 35.5. The highest BCUT2D eigenvalue weighted by molar-refractivity contribution is 7.87. The Hall–Kier alpha value is -2.11. The molecule has 0 unspecified atom stereocenters. The molecule has 1 aromatic heterocycles. The van der Waals surface area contributed by atoms with Crippen LogP contribution < -0.4 is 4.72 Å². The third-order valence-corrected chi connectivity index (χ3v) is 10.4. The monoisotopic (exact) mass is 584 g/mol. The van der Waals surface area contributed by atoms with E-state index in [1.54, 1.807) is 16.8 Å². The Morgan fingerprint density at radius 1 is 1.05 bits per heavy atom. The van der Waals surface area contributed by atoms with Crippen molar-refractivity contribution in [2.45, 2.75) is 37.4 Å². The lowest BCUT2D eigenvalue weighted by molar-refractivity contribution is -0.136. The number of fused-ring (bicyclic) bond motifs is 1. The van der Waals surface area contributed by atoms with Gasteiger partial charge in [-0.15, -0.1) is 0 Å². The topological polar surface area (TPSA) is 67.2 Å². The van der Waals surface area contributed by atoms with Crippen LogP contribution in [-0.4, -0.2) is 47.3 Å². The second-order valence-electron chi connectivity index (χ2n) is 10.6. The first-order valence-corrected chi connectivity index (χ1v) is 14.5. The van der Waals surface area contributed by atoms with Gasteiger partial charge in [-0.3, -0.25) is 4.68 Å². The van der Waals surface area contributed by atoms with Crippen molar-refractivity contribution < 1.29 is 21.6 Å². The number of hydrogen-bond acceptors (Lipinski definition) is 3. The number of nitrogens with zero attached hydrogens (tertiary/aromatic N) is 3. The van der Waals surface area contributed by atoms with E-state index in [0.717, 1.165) is 46.5 Å². The Morgan fingerprint density at radius 2 is 1.76 bits per heavy atom. The van der Waals surface area contributed by atoms with Crippen LogP contribution in [0, 0.1) is 11.8 Å². The first-order valence-electron chi connectivity index (χ1n) is 12.3. The van der Waals surface area contributed by atoms with E-state index in [9.17, 15) is 21.6 Å². The summed E-state index contributed by atoms with van der Waals surface area (Å²) in [5, 5.41) is 5.76. The van der Waals surface area contributed by atoms with E-state index in [2.05, 4.69) is 10.8 Å². The van der Waals surface area contributed by atoms with E-state index < -0.39 is 28.5 Å². The Balaban J connectivity index is 1.32. The van der Waals surface area contributed by atoms with Gasteiger partial charge in [0.2, 0.25) is 0 Å². The average molecular weight is 585 g/mol. The van der Waals surface area contributed by atoms with Crippen molar-refractivity contribution in [3.05, 3.63) is 63.6 Å². The van der Waals surface area contributed by atoms with Gasteiger partial charge in [0.1, 0.15) is 6.54 Å². The lowest BCUT2D eigenvalue weighted by Crippen LogP contribution is -2.52. The van der Waals surface area contributed by atoms with E-state index in [1.165, 1.54) is 0 Å². The first-order chi connectivity index (χ1) is 17.8. The van der Waals surface area contributed by atoms with E-state index >= 15 is 0 Å². The molecule has 2 heterocycles. The van der Waals surface area contributed by atoms with Gasteiger partial charge in [-0.25, -0.2) is 0 Å². The molecular weight excluding hydrogens is 560 g/mol. The summed E-state index contributed by atoms with van der Waals surface area (Å²) in [6.45, 7) is -1.63. The van der Waals surface area contributed by atoms with E-state index in [-0.39, 0.29) is 18.4 Å². The fraction of sp³-hybridized carbons (Fsp3) is 0.423. The first kappa shape index (κ1) is 26.1. The summed E-state index contributed by atoms with van der Waals surface area (Å²) in [5.74, 6) is -0.162. The third-order valence-electron chi connectivity index (χ3n) is 8.29. The number of aromatic nitrogens is 2. The molecule has 6 nitrogen and oxygen atoms in total. The van der Waals surface area contributed by atoms with Crippen molar-refractivity contribution in [2.75, 3.05) is 13.1 Å². The largest absolute Gasteiger partial charge is 0.402 e. The summed E-state index contributed by atoms with van der Waals surface area (Å²) in [4.78, 5) is 0. The second kappa shape index (κ2) is 8.96. The smallest absolute Gasteiger partial charge is 0.267 e. The van der Waals surface area contributed by atoms with Gasteiger partial charge in [0.15, 0.2) is 0 Å². The van der Waals surface area contributed by atoms with E-state index in [1.807, 2.05) is 31.3 Å². The van der Waals surface area contributed by atoms with Gasteiger partial charge in [0.25, 0.3) is 10.2 Å². The van der Waals surface area contributed by atoms with Crippen molar-refractivity contribution >= 4 is 33.4 Å². The molecule has 12 heteroatoms. The number of nitrogens with one attached hydrogen (secondary N) is 1. The maximum atomic E-state index is 13.1. The molecule has 38 heavy (non-hydrogen) atoms. The Kier molecular flexibility index (Phi) is 6.16. The predicted molar refractivity (Wildman–Crippen MR) is 140 cm³/mol. The molecule has 0 amide bonds. The molecule has 1 aliphatic heterocycles. The number of alkyl halides is 3. The minimum atomic E-state index is -4.60. The fourth-order valence-electron chi connectivity index (χ4n) is 6.56. The SMILES string of the molecule is Cn1nc(-c2ccc3c(c2)C[C@@H]2CC[C@H](C3)[C@]23CN(CC(F)(F)F)S(=O)(=O)N3)cc1-c1ccc(Cl)cc1Cl. The quantitative estimate of drug-likeness (QED) is 0.433. The minimum Gasteiger partial charge on any atom is -0.267 e. The molecule has 1 saturated heterocycles. The maximum Gasteiger partial charge on any atom is 0.402 e. The number of rotatable bonds is 3. The van der Waals surface area contributed by atoms with Gasteiger partial charge in [-0.05, 0) is 79.0 Å². The van der Waals surface area contributed by atoms with Crippen LogP contribution in [0.5, 0.6) is 0 Å². The van der Waals surface area contributed by atoms with Gasteiger partial charge in [0.05, 0.1) is 21.9 Å². The van der Waals surface area contributed by atoms with Crippen LogP contribution in [0.1, 0.15) is 24.0 Å². The highest BCUT2D eigenvalue weighted by Crippen LogP contribution is 2.51. The number of halogens is 5. The summed E-state index contributed by atoms with van der Waals surface area (Å²) in [5.41, 5.74) is 4.60. The van der Waals surface area contributed by atoms with Gasteiger partial charge in [0, 0.05) is 29.7 Å². The van der Waals surface area contributed by atoms with Crippen molar-refractivity contribution in [3.63, 3.8) is 0 Å². The van der Waals surface area contributed by atoms with Crippen LogP contribution in [-0.2, 0) is 30.1 Å². The Morgan fingerprint density at radius 3 is 2.45 bits per heavy atom. The maximum absolute atomic E-state index is 13.1. The molecule has 3 atom stereocenters. The van der Waals surface area contributed by atoms with Crippen molar-refractivity contribution in [3.8, 4) is 22.5 Å². The molecule has 6 rings (SSSR count). The summed E-state index contributed by atoms with van der Waals surface area (Å²) >= 11 is 12.5. The molecule has 2 aliphatic carbocycles. The van der Waals surface area contributed by atoms with Crippen molar-refractivity contribution in [1.82, 2.24) is 18.8 Å². The minimum absolute atomic E-state index is 0.0684. The van der Waals surface area contributed by atoms with Gasteiger partial charge in [-0.2, -0.15) is 35.7 Å². The Bertz CT molecular complexity index is 1540. The number of hydrogen-bond donors (Lipinski definition) is 1. The number of aryl methyl sites for hydroxylation is 1. The van der Waals surface area contributed by atoms with Crippen LogP contribution in [0.15, 0.2) is 42.5 Å². The predicted octanol–water partition coefficient (Wildman–Crippen LogP) is 5.64. The van der Waals surface area contributed by atoms with Gasteiger partial charge in [-0.1, -0.05) is 35.3 Å². The lowest BCUT2D eigenvalue weighted by Gasteiger charge is -2.33. The molecular formula is C26H25Cl2F3N4O2S. The average Bonchev–Trinajstić information content (AvgIpc) is 3.38. The van der Waals surface area contributed by atoms with Crippen molar-refractivity contribution in [1.29, 1.82) is 0 Å². The zero-order chi connectivity index (χ0) is 27.0. The fourth-order valence-corrected chi connectivity index (χ4v) is 8.77. The van der Waals surface area contributed by atoms with Crippen LogP contribution >= 0.6 is 23.2 Å². The molecule has 1 spiro atoms. The summed E-state index contributed by atoms with van der Waals surface area (Å²) in [6.07, 6.45) is -1.86. The van der Waals surface area contributed by atoms with Crippen molar-refractivity contribution in [2.24, 2.45) is 18.9 Å². The normalized spacial score (nSPS) is 26.6. The molecule has 0 radical (unpaired) electrons. The molecule has 202 valence electrons. The van der Waals surface area contributed by atoms with Gasteiger partial charge < -0.3 is 0 Å². The molecule has 3 aromatic rings.